The number of carbonyl (C=O) groups is 2. The standard InChI is InChI=1S/C21H26N2O2/c1-4-9-22-10-11-23-20-7-5-16(14(2)24)12-18(20)19-13-17(15(3)25)6-8-21(19)23/h5,7-8,12-13,17,22H,4,6,9-11H2,1-3H3. The largest absolute Gasteiger partial charge is 0.339 e. The van der Waals surface area contributed by atoms with E-state index in [-0.39, 0.29) is 17.5 Å². The van der Waals surface area contributed by atoms with Gasteiger partial charge < -0.3 is 9.88 Å². The maximum Gasteiger partial charge on any atom is 0.159 e. The van der Waals surface area contributed by atoms with Gasteiger partial charge >= 0.3 is 0 Å². The summed E-state index contributed by atoms with van der Waals surface area (Å²) in [6.07, 6.45) is 6.13. The number of aromatic nitrogens is 1. The maximum atomic E-state index is 11.8. The van der Waals surface area contributed by atoms with Crippen molar-refractivity contribution in [3.8, 4) is 0 Å². The molecule has 4 nitrogen and oxygen atoms in total. The average molecular weight is 338 g/mol. The molecule has 2 aromatic rings. The molecule has 1 aliphatic rings. The summed E-state index contributed by atoms with van der Waals surface area (Å²) < 4.78 is 2.31. The van der Waals surface area contributed by atoms with E-state index in [1.807, 2.05) is 18.2 Å². The van der Waals surface area contributed by atoms with Crippen molar-refractivity contribution in [2.24, 2.45) is 5.92 Å². The molecule has 3 rings (SSSR count). The molecule has 25 heavy (non-hydrogen) atoms. The lowest BCUT2D eigenvalue weighted by molar-refractivity contribution is -0.118. The number of fused-ring (bicyclic) bond motifs is 3. The third kappa shape index (κ3) is 3.45. The summed E-state index contributed by atoms with van der Waals surface area (Å²) >= 11 is 0. The number of carbonyl (C=O) groups excluding carboxylic acids is 2. The first kappa shape index (κ1) is 17.6. The lowest BCUT2D eigenvalue weighted by Gasteiger charge is -2.11. The van der Waals surface area contributed by atoms with Crippen LogP contribution in [0.3, 0.4) is 0 Å². The topological polar surface area (TPSA) is 51.1 Å². The molecule has 4 heteroatoms. The first-order valence-corrected chi connectivity index (χ1v) is 9.09. The number of hydrogen-bond acceptors (Lipinski definition) is 3. The van der Waals surface area contributed by atoms with Gasteiger partial charge in [-0.05, 0) is 51.4 Å². The summed E-state index contributed by atoms with van der Waals surface area (Å²) in [5, 5.41) is 6.79. The van der Waals surface area contributed by atoms with Crippen molar-refractivity contribution < 1.29 is 9.59 Å². The van der Waals surface area contributed by atoms with Crippen LogP contribution in [0.1, 0.15) is 44.0 Å². The van der Waals surface area contributed by atoms with Crippen LogP contribution in [0, 0.1) is 5.92 Å². The minimum Gasteiger partial charge on any atom is -0.339 e. The van der Waals surface area contributed by atoms with Crippen molar-refractivity contribution in [1.29, 1.82) is 0 Å². The Hall–Kier alpha value is -2.20. The first-order chi connectivity index (χ1) is 12.0. The highest BCUT2D eigenvalue weighted by Gasteiger charge is 2.17. The van der Waals surface area contributed by atoms with Crippen molar-refractivity contribution in [2.75, 3.05) is 13.1 Å². The number of nitrogens with one attached hydrogen (secondary N) is 1. The molecule has 0 radical (unpaired) electrons. The van der Waals surface area contributed by atoms with Crippen molar-refractivity contribution in [3.05, 3.63) is 34.3 Å². The quantitative estimate of drug-likeness (QED) is 0.621. The minimum absolute atomic E-state index is 0.0641. The molecule has 0 aliphatic heterocycles. The zero-order valence-electron chi connectivity index (χ0n) is 15.3. The molecule has 1 aliphatic carbocycles. The second kappa shape index (κ2) is 7.36. The second-order valence-electron chi connectivity index (χ2n) is 6.81. The zero-order valence-corrected chi connectivity index (χ0v) is 15.3. The van der Waals surface area contributed by atoms with Gasteiger partial charge in [0.15, 0.2) is 5.78 Å². The van der Waals surface area contributed by atoms with Gasteiger partial charge in [-0.25, -0.2) is 0 Å². The van der Waals surface area contributed by atoms with E-state index >= 15 is 0 Å². The molecule has 0 saturated carbocycles. The van der Waals surface area contributed by atoms with Crippen molar-refractivity contribution in [2.45, 2.75) is 40.2 Å². The number of nitrogens with zero attached hydrogens (tertiary/aromatic N) is 1. The van der Waals surface area contributed by atoms with Gasteiger partial charge in [0.05, 0.1) is 0 Å². The van der Waals surface area contributed by atoms with E-state index in [0.717, 1.165) is 54.2 Å². The van der Waals surface area contributed by atoms with Crippen LogP contribution in [0.4, 0.5) is 0 Å². The van der Waals surface area contributed by atoms with E-state index in [1.54, 1.807) is 13.8 Å². The van der Waals surface area contributed by atoms with Crippen molar-refractivity contribution in [1.82, 2.24) is 9.88 Å². The van der Waals surface area contributed by atoms with Crippen LogP contribution >= 0.6 is 0 Å². The lowest BCUT2D eigenvalue weighted by Crippen LogP contribution is -2.35. The summed E-state index contributed by atoms with van der Waals surface area (Å²) in [5.74, 6) is 0.191. The van der Waals surface area contributed by atoms with Gasteiger partial charge in [-0.1, -0.05) is 19.1 Å². The molecule has 0 fully saturated rings. The van der Waals surface area contributed by atoms with E-state index in [9.17, 15) is 9.59 Å². The molecule has 0 amide bonds. The summed E-state index contributed by atoms with van der Waals surface area (Å²) in [5.41, 5.74) is 1.85. The zero-order chi connectivity index (χ0) is 18.0. The third-order valence-electron chi connectivity index (χ3n) is 4.94. The summed E-state index contributed by atoms with van der Waals surface area (Å²) in [7, 11) is 0. The highest BCUT2D eigenvalue weighted by atomic mass is 16.1. The van der Waals surface area contributed by atoms with Crippen LogP contribution in [-0.2, 0) is 11.3 Å². The molecule has 1 aromatic heterocycles. The SMILES string of the molecule is CCCNCCn1c2c(c3cc(C(C)=O)ccc31)=CC(C(C)=O)CC=2. The van der Waals surface area contributed by atoms with Crippen LogP contribution in [-0.4, -0.2) is 29.2 Å². The average Bonchev–Trinajstić information content (AvgIpc) is 2.91. The van der Waals surface area contributed by atoms with Crippen LogP contribution in [0.15, 0.2) is 18.2 Å². The summed E-state index contributed by atoms with van der Waals surface area (Å²) in [6.45, 7) is 8.19. The molecule has 1 N–H and O–H groups in total. The molecule has 1 heterocycles. The molecular formula is C21H26N2O2. The number of ketones is 2. The fourth-order valence-electron chi connectivity index (χ4n) is 3.54. The van der Waals surface area contributed by atoms with Gasteiger partial charge in [-0.15, -0.1) is 0 Å². The van der Waals surface area contributed by atoms with Gasteiger partial charge in [0.1, 0.15) is 5.78 Å². The van der Waals surface area contributed by atoms with E-state index in [1.165, 1.54) is 5.35 Å². The van der Waals surface area contributed by atoms with E-state index in [2.05, 4.69) is 29.0 Å². The van der Waals surface area contributed by atoms with Crippen LogP contribution in [0.2, 0.25) is 0 Å². The Labute approximate surface area is 148 Å². The first-order valence-electron chi connectivity index (χ1n) is 9.09. The van der Waals surface area contributed by atoms with E-state index < -0.39 is 0 Å². The smallest absolute Gasteiger partial charge is 0.159 e. The van der Waals surface area contributed by atoms with Gasteiger partial charge in [0, 0.05) is 46.0 Å². The molecule has 1 aromatic carbocycles. The summed E-state index contributed by atoms with van der Waals surface area (Å²) in [6, 6.07) is 5.91. The normalized spacial score (nSPS) is 16.2. The minimum atomic E-state index is -0.0641. The Bertz CT molecular complexity index is 937. The number of Topliss-reactive ketones (excluding diaryl/α,β-unsaturated/α-hetero) is 2. The second-order valence-corrected chi connectivity index (χ2v) is 6.81. The number of hydrogen-bond donors (Lipinski definition) is 1. The lowest BCUT2D eigenvalue weighted by atomic mass is 9.95. The van der Waals surface area contributed by atoms with E-state index in [4.69, 9.17) is 0 Å². The number of benzene rings is 1. The molecular weight excluding hydrogens is 312 g/mol. The molecule has 0 saturated heterocycles. The Morgan fingerprint density at radius 1 is 1.24 bits per heavy atom. The third-order valence-corrected chi connectivity index (χ3v) is 4.94. The highest BCUT2D eigenvalue weighted by Crippen LogP contribution is 2.17. The maximum absolute atomic E-state index is 11.8. The van der Waals surface area contributed by atoms with Gasteiger partial charge in [-0.3, -0.25) is 9.59 Å². The van der Waals surface area contributed by atoms with Crippen LogP contribution in [0.25, 0.3) is 23.1 Å². The van der Waals surface area contributed by atoms with Crippen molar-refractivity contribution in [3.63, 3.8) is 0 Å². The van der Waals surface area contributed by atoms with Crippen LogP contribution in [0.5, 0.6) is 0 Å². The monoisotopic (exact) mass is 338 g/mol. The Morgan fingerprint density at radius 2 is 2.04 bits per heavy atom. The van der Waals surface area contributed by atoms with Gasteiger partial charge in [0.2, 0.25) is 0 Å². The predicted octanol–water partition coefficient (Wildman–Crippen LogP) is 2.01. The van der Waals surface area contributed by atoms with Crippen molar-refractivity contribution >= 4 is 34.6 Å². The Morgan fingerprint density at radius 3 is 2.72 bits per heavy atom. The van der Waals surface area contributed by atoms with E-state index in [0.29, 0.717) is 0 Å². The predicted molar refractivity (Wildman–Crippen MR) is 102 cm³/mol. The molecule has 0 bridgehead atoms. The summed E-state index contributed by atoms with van der Waals surface area (Å²) in [4.78, 5) is 23.6. The molecule has 132 valence electrons. The molecule has 1 unspecified atom stereocenters. The fourth-order valence-corrected chi connectivity index (χ4v) is 3.54. The Balaban J connectivity index is 2.15. The van der Waals surface area contributed by atoms with Gasteiger partial charge in [-0.2, -0.15) is 0 Å². The van der Waals surface area contributed by atoms with Gasteiger partial charge in [0.25, 0.3) is 0 Å². The number of rotatable bonds is 7. The Kier molecular flexibility index (Phi) is 5.19. The molecule has 1 atom stereocenters. The fraction of sp³-hybridized carbons (Fsp3) is 0.429. The highest BCUT2D eigenvalue weighted by molar-refractivity contribution is 5.98. The van der Waals surface area contributed by atoms with Crippen LogP contribution < -0.4 is 15.9 Å². The molecule has 0 spiro atoms.